The van der Waals surface area contributed by atoms with E-state index in [1.165, 1.54) is 6.92 Å². The number of hydrogen-bond acceptors (Lipinski definition) is 3. The minimum Gasteiger partial charge on any atom is -0.508 e. The van der Waals surface area contributed by atoms with Crippen LogP contribution in [0.3, 0.4) is 0 Å². The molecule has 0 unspecified atom stereocenters. The first-order valence-corrected chi connectivity index (χ1v) is 5.20. The number of carbonyl (C=O) groups is 1. The fourth-order valence-electron chi connectivity index (χ4n) is 2.07. The largest absolute Gasteiger partial charge is 0.508 e. The standard InChI is InChI=1S/C12H14O3/c1-8(13)15-12-7-6-11(14)9-4-2-3-5-10(9)12/h6-7,14H,2-5H2,1H3. The van der Waals surface area contributed by atoms with Gasteiger partial charge in [0.15, 0.2) is 0 Å². The van der Waals surface area contributed by atoms with Gasteiger partial charge in [0.1, 0.15) is 11.5 Å². The fourth-order valence-corrected chi connectivity index (χ4v) is 2.07. The SMILES string of the molecule is CC(=O)Oc1ccc(O)c2c1CCCC2. The van der Waals surface area contributed by atoms with E-state index in [4.69, 9.17) is 4.74 Å². The molecule has 15 heavy (non-hydrogen) atoms. The van der Waals surface area contributed by atoms with Gasteiger partial charge in [0.2, 0.25) is 0 Å². The van der Waals surface area contributed by atoms with E-state index < -0.39 is 0 Å². The molecule has 3 nitrogen and oxygen atoms in total. The van der Waals surface area contributed by atoms with Gasteiger partial charge in [-0.25, -0.2) is 0 Å². The summed E-state index contributed by atoms with van der Waals surface area (Å²) < 4.78 is 5.12. The first kappa shape index (κ1) is 10.0. The van der Waals surface area contributed by atoms with Gasteiger partial charge in [-0.2, -0.15) is 0 Å². The Kier molecular flexibility index (Phi) is 2.62. The number of fused-ring (bicyclic) bond motifs is 1. The summed E-state index contributed by atoms with van der Waals surface area (Å²) in [4.78, 5) is 10.9. The average molecular weight is 206 g/mol. The van der Waals surface area contributed by atoms with Crippen LogP contribution in [0.2, 0.25) is 0 Å². The van der Waals surface area contributed by atoms with Gasteiger partial charge in [0.25, 0.3) is 0 Å². The number of carbonyl (C=O) groups excluding carboxylic acids is 1. The van der Waals surface area contributed by atoms with Crippen LogP contribution in [0.15, 0.2) is 12.1 Å². The Morgan fingerprint density at radius 1 is 1.27 bits per heavy atom. The molecule has 1 aliphatic rings. The molecule has 0 radical (unpaired) electrons. The van der Waals surface area contributed by atoms with Crippen molar-refractivity contribution in [1.29, 1.82) is 0 Å². The van der Waals surface area contributed by atoms with Crippen LogP contribution >= 0.6 is 0 Å². The molecule has 0 fully saturated rings. The van der Waals surface area contributed by atoms with Crippen molar-refractivity contribution in [2.24, 2.45) is 0 Å². The Morgan fingerprint density at radius 3 is 2.60 bits per heavy atom. The molecule has 0 saturated carbocycles. The summed E-state index contributed by atoms with van der Waals surface area (Å²) in [5.41, 5.74) is 1.94. The highest BCUT2D eigenvalue weighted by atomic mass is 16.5. The minimum absolute atomic E-state index is 0.312. The zero-order chi connectivity index (χ0) is 10.8. The topological polar surface area (TPSA) is 46.5 Å². The molecule has 80 valence electrons. The first-order valence-electron chi connectivity index (χ1n) is 5.20. The average Bonchev–Trinajstić information content (AvgIpc) is 2.22. The van der Waals surface area contributed by atoms with Gasteiger partial charge in [-0.3, -0.25) is 4.79 Å². The van der Waals surface area contributed by atoms with Crippen LogP contribution in [0, 0.1) is 0 Å². The predicted molar refractivity (Wildman–Crippen MR) is 56.1 cm³/mol. The Hall–Kier alpha value is -1.51. The Labute approximate surface area is 88.7 Å². The molecule has 0 spiro atoms. The van der Waals surface area contributed by atoms with Gasteiger partial charge in [-0.1, -0.05) is 0 Å². The molecule has 0 atom stereocenters. The molecule has 3 heteroatoms. The maximum atomic E-state index is 10.9. The number of aromatic hydroxyl groups is 1. The van der Waals surface area contributed by atoms with Gasteiger partial charge in [-0.05, 0) is 37.8 Å². The minimum atomic E-state index is -0.312. The maximum absolute atomic E-state index is 10.9. The van der Waals surface area contributed by atoms with Crippen LogP contribution in [-0.2, 0) is 17.6 Å². The number of esters is 1. The van der Waals surface area contributed by atoms with E-state index in [-0.39, 0.29) is 5.97 Å². The fraction of sp³-hybridized carbons (Fsp3) is 0.417. The van der Waals surface area contributed by atoms with Crippen molar-refractivity contribution in [2.75, 3.05) is 0 Å². The van der Waals surface area contributed by atoms with Crippen LogP contribution in [0.25, 0.3) is 0 Å². The molecule has 1 aliphatic carbocycles. The third-order valence-corrected chi connectivity index (χ3v) is 2.72. The number of hydrogen-bond donors (Lipinski definition) is 1. The maximum Gasteiger partial charge on any atom is 0.308 e. The summed E-state index contributed by atoms with van der Waals surface area (Å²) >= 11 is 0. The van der Waals surface area contributed by atoms with Gasteiger partial charge in [0.05, 0.1) is 0 Å². The van der Waals surface area contributed by atoms with E-state index in [0.29, 0.717) is 11.5 Å². The lowest BCUT2D eigenvalue weighted by Gasteiger charge is -2.19. The van der Waals surface area contributed by atoms with E-state index in [0.717, 1.165) is 36.8 Å². The first-order chi connectivity index (χ1) is 7.18. The second-order valence-corrected chi connectivity index (χ2v) is 3.84. The highest BCUT2D eigenvalue weighted by Gasteiger charge is 2.18. The van der Waals surface area contributed by atoms with Crippen molar-refractivity contribution in [3.05, 3.63) is 23.3 Å². The molecule has 0 amide bonds. The quantitative estimate of drug-likeness (QED) is 0.566. The van der Waals surface area contributed by atoms with Crippen LogP contribution in [-0.4, -0.2) is 11.1 Å². The second kappa shape index (κ2) is 3.93. The number of rotatable bonds is 1. The predicted octanol–water partition coefficient (Wildman–Crippen LogP) is 2.20. The van der Waals surface area contributed by atoms with Crippen LogP contribution in [0.1, 0.15) is 30.9 Å². The number of ether oxygens (including phenoxy) is 1. The molecular formula is C12H14O3. The number of phenols is 1. The molecule has 0 heterocycles. The summed E-state index contributed by atoms with van der Waals surface area (Å²) in [5, 5.41) is 9.67. The zero-order valence-electron chi connectivity index (χ0n) is 8.75. The number of phenolic OH excluding ortho intramolecular Hbond substituents is 1. The monoisotopic (exact) mass is 206 g/mol. The van der Waals surface area contributed by atoms with Crippen molar-refractivity contribution in [3.8, 4) is 11.5 Å². The van der Waals surface area contributed by atoms with Crippen LogP contribution in [0.4, 0.5) is 0 Å². The molecule has 0 aromatic heterocycles. The van der Waals surface area contributed by atoms with Gasteiger partial charge >= 0.3 is 5.97 Å². The molecule has 0 aliphatic heterocycles. The van der Waals surface area contributed by atoms with E-state index in [9.17, 15) is 9.90 Å². The lowest BCUT2D eigenvalue weighted by atomic mass is 9.90. The summed E-state index contributed by atoms with van der Waals surface area (Å²) in [6.07, 6.45) is 3.93. The van der Waals surface area contributed by atoms with Gasteiger partial charge < -0.3 is 9.84 Å². The second-order valence-electron chi connectivity index (χ2n) is 3.84. The van der Waals surface area contributed by atoms with Crippen LogP contribution < -0.4 is 4.74 Å². The van der Waals surface area contributed by atoms with E-state index in [1.807, 2.05) is 0 Å². The lowest BCUT2D eigenvalue weighted by molar-refractivity contribution is -0.131. The summed E-state index contributed by atoms with van der Waals surface area (Å²) in [7, 11) is 0. The summed E-state index contributed by atoms with van der Waals surface area (Å²) in [6, 6.07) is 3.27. The lowest BCUT2D eigenvalue weighted by Crippen LogP contribution is -2.09. The molecule has 1 aromatic carbocycles. The number of benzene rings is 1. The van der Waals surface area contributed by atoms with Crippen molar-refractivity contribution >= 4 is 5.97 Å². The van der Waals surface area contributed by atoms with Crippen molar-refractivity contribution in [1.82, 2.24) is 0 Å². The normalized spacial score (nSPS) is 14.5. The van der Waals surface area contributed by atoms with Crippen molar-refractivity contribution in [2.45, 2.75) is 32.6 Å². The molecule has 0 saturated heterocycles. The highest BCUT2D eigenvalue weighted by molar-refractivity contribution is 5.70. The third-order valence-electron chi connectivity index (χ3n) is 2.72. The molecule has 1 aromatic rings. The van der Waals surface area contributed by atoms with Gasteiger partial charge in [0, 0.05) is 18.1 Å². The smallest absolute Gasteiger partial charge is 0.308 e. The Bertz CT molecular complexity index is 396. The molecule has 0 bridgehead atoms. The van der Waals surface area contributed by atoms with E-state index >= 15 is 0 Å². The summed E-state index contributed by atoms with van der Waals surface area (Å²) in [6.45, 7) is 1.39. The Balaban J connectivity index is 2.43. The zero-order valence-corrected chi connectivity index (χ0v) is 8.75. The molecule has 2 rings (SSSR count). The Morgan fingerprint density at radius 2 is 1.93 bits per heavy atom. The summed E-state index contributed by atoms with van der Waals surface area (Å²) in [5.74, 6) is 0.615. The van der Waals surface area contributed by atoms with Crippen molar-refractivity contribution in [3.63, 3.8) is 0 Å². The van der Waals surface area contributed by atoms with Gasteiger partial charge in [-0.15, -0.1) is 0 Å². The molecule has 1 N–H and O–H groups in total. The molecular weight excluding hydrogens is 192 g/mol. The van der Waals surface area contributed by atoms with Crippen LogP contribution in [0.5, 0.6) is 11.5 Å². The highest BCUT2D eigenvalue weighted by Crippen LogP contribution is 2.35. The van der Waals surface area contributed by atoms with E-state index in [1.54, 1.807) is 12.1 Å². The van der Waals surface area contributed by atoms with Crippen molar-refractivity contribution < 1.29 is 14.6 Å². The third kappa shape index (κ3) is 1.96. The van der Waals surface area contributed by atoms with E-state index in [2.05, 4.69) is 0 Å².